The number of aromatic nitrogens is 5. The van der Waals surface area contributed by atoms with Crippen molar-refractivity contribution in [2.75, 3.05) is 36.5 Å². The first-order valence-electron chi connectivity index (χ1n) is 10.9. The molecule has 0 saturated carbocycles. The second-order valence-corrected chi connectivity index (χ2v) is 8.10. The number of morpholine rings is 1. The Morgan fingerprint density at radius 2 is 2.09 bits per heavy atom. The van der Waals surface area contributed by atoms with Gasteiger partial charge < -0.3 is 24.5 Å². The summed E-state index contributed by atoms with van der Waals surface area (Å²) in [4.78, 5) is 11.6. The summed E-state index contributed by atoms with van der Waals surface area (Å²) in [5, 5.41) is 21.0. The summed E-state index contributed by atoms with van der Waals surface area (Å²) in [6.07, 6.45) is 7.33. The quantitative estimate of drug-likeness (QED) is 0.385. The number of benzene rings is 2. The van der Waals surface area contributed by atoms with Crippen LogP contribution < -0.4 is 10.2 Å². The van der Waals surface area contributed by atoms with Gasteiger partial charge in [-0.15, -0.1) is 0 Å². The second-order valence-electron chi connectivity index (χ2n) is 8.10. The maximum atomic E-state index is 9.40. The summed E-state index contributed by atoms with van der Waals surface area (Å²) in [6, 6.07) is 14.3. The fourth-order valence-electron chi connectivity index (χ4n) is 4.21. The number of hydrogen-bond acceptors (Lipinski definition) is 7. The van der Waals surface area contributed by atoms with Crippen molar-refractivity contribution in [1.82, 2.24) is 24.6 Å². The number of hydrogen-bond donors (Lipinski definition) is 3. The number of aliphatic hydroxyl groups is 1. The van der Waals surface area contributed by atoms with Gasteiger partial charge in [0.1, 0.15) is 0 Å². The van der Waals surface area contributed by atoms with Crippen LogP contribution in [0.2, 0.25) is 0 Å². The van der Waals surface area contributed by atoms with Gasteiger partial charge in [-0.25, -0.2) is 9.97 Å². The van der Waals surface area contributed by atoms with E-state index in [9.17, 15) is 5.11 Å². The molecule has 5 aromatic rings. The largest absolute Gasteiger partial charge is 0.394 e. The minimum absolute atomic E-state index is 0.0335. The Hall–Kier alpha value is -3.95. The average molecular weight is 441 g/mol. The van der Waals surface area contributed by atoms with Crippen LogP contribution in [0.25, 0.3) is 27.8 Å². The third-order valence-electron chi connectivity index (χ3n) is 5.95. The highest BCUT2D eigenvalue weighted by Crippen LogP contribution is 2.27. The first kappa shape index (κ1) is 19.7. The number of H-pyrrole nitrogens is 1. The molecule has 33 heavy (non-hydrogen) atoms. The molecule has 166 valence electrons. The Morgan fingerprint density at radius 1 is 1.18 bits per heavy atom. The Morgan fingerprint density at radius 3 is 2.97 bits per heavy atom. The highest BCUT2D eigenvalue weighted by molar-refractivity contribution is 5.84. The topological polar surface area (TPSA) is 104 Å². The maximum Gasteiger partial charge on any atom is 0.180 e. The SMILES string of the molecule is OC[C@H]1CN(c2ccc(Nc3nc(-c4ccc5cn[nH]c5c4)cn4ccnc34)cc2)CCO1. The molecule has 4 heterocycles. The molecular formula is C24H23N7O2. The molecule has 1 aliphatic heterocycles. The van der Waals surface area contributed by atoms with Crippen LogP contribution in [-0.4, -0.2) is 62.1 Å². The lowest BCUT2D eigenvalue weighted by Crippen LogP contribution is -2.44. The van der Waals surface area contributed by atoms with Gasteiger partial charge in [0.15, 0.2) is 11.5 Å². The molecule has 1 saturated heterocycles. The van der Waals surface area contributed by atoms with Gasteiger partial charge in [-0.05, 0) is 30.3 Å². The molecule has 2 aromatic carbocycles. The number of ether oxygens (including phenoxy) is 1. The van der Waals surface area contributed by atoms with E-state index in [0.29, 0.717) is 19.0 Å². The van der Waals surface area contributed by atoms with Crippen molar-refractivity contribution >= 4 is 33.7 Å². The van der Waals surface area contributed by atoms with Gasteiger partial charge in [0.05, 0.1) is 36.7 Å². The zero-order chi connectivity index (χ0) is 22.2. The molecule has 0 bridgehead atoms. The van der Waals surface area contributed by atoms with Crippen LogP contribution in [0.15, 0.2) is 67.3 Å². The van der Waals surface area contributed by atoms with Gasteiger partial charge in [0.2, 0.25) is 0 Å². The predicted octanol–water partition coefficient (Wildman–Crippen LogP) is 3.21. The second kappa shape index (κ2) is 8.19. The minimum atomic E-state index is -0.141. The fraction of sp³-hybridized carbons (Fsp3) is 0.208. The van der Waals surface area contributed by atoms with Gasteiger partial charge in [-0.2, -0.15) is 5.10 Å². The van der Waals surface area contributed by atoms with E-state index in [4.69, 9.17) is 9.72 Å². The molecule has 0 radical (unpaired) electrons. The van der Waals surface area contributed by atoms with Crippen molar-refractivity contribution in [3.05, 3.63) is 67.3 Å². The van der Waals surface area contributed by atoms with Crippen LogP contribution >= 0.6 is 0 Å². The van der Waals surface area contributed by atoms with E-state index >= 15 is 0 Å². The number of fused-ring (bicyclic) bond motifs is 2. The fourth-order valence-corrected chi connectivity index (χ4v) is 4.21. The molecule has 3 aromatic heterocycles. The molecule has 0 spiro atoms. The van der Waals surface area contributed by atoms with E-state index < -0.39 is 0 Å². The lowest BCUT2D eigenvalue weighted by molar-refractivity contribution is 0.00357. The van der Waals surface area contributed by atoms with Crippen molar-refractivity contribution in [3.63, 3.8) is 0 Å². The van der Waals surface area contributed by atoms with Crippen LogP contribution in [0, 0.1) is 0 Å². The maximum absolute atomic E-state index is 9.40. The third-order valence-corrected chi connectivity index (χ3v) is 5.95. The number of aliphatic hydroxyl groups excluding tert-OH is 1. The lowest BCUT2D eigenvalue weighted by atomic mass is 10.1. The molecular weight excluding hydrogens is 418 g/mol. The van der Waals surface area contributed by atoms with Gasteiger partial charge in [-0.1, -0.05) is 12.1 Å². The van der Waals surface area contributed by atoms with Crippen molar-refractivity contribution in [2.45, 2.75) is 6.10 Å². The van der Waals surface area contributed by atoms with E-state index in [1.807, 2.05) is 53.3 Å². The predicted molar refractivity (Wildman–Crippen MR) is 127 cm³/mol. The van der Waals surface area contributed by atoms with Gasteiger partial charge in [0.25, 0.3) is 0 Å². The molecule has 3 N–H and O–H groups in total. The molecule has 0 amide bonds. The summed E-state index contributed by atoms with van der Waals surface area (Å²) < 4.78 is 7.53. The summed E-state index contributed by atoms with van der Waals surface area (Å²) in [5.74, 6) is 0.682. The number of nitrogens with zero attached hydrogens (tertiary/aromatic N) is 5. The molecule has 0 unspecified atom stereocenters. The molecule has 6 rings (SSSR count). The van der Waals surface area contributed by atoms with Crippen LogP contribution in [-0.2, 0) is 4.74 Å². The highest BCUT2D eigenvalue weighted by Gasteiger charge is 2.20. The monoisotopic (exact) mass is 441 g/mol. The van der Waals surface area contributed by atoms with E-state index in [0.717, 1.165) is 45.7 Å². The Labute approximate surface area is 189 Å². The number of aromatic amines is 1. The standard InChI is InChI=1S/C24H23N7O2/c32-15-20-13-30(9-10-33-20)19-5-3-18(4-6-19)27-23-24-25-7-8-31(24)14-22(28-23)16-1-2-17-12-26-29-21(17)11-16/h1-8,11-12,14,20,32H,9-10,13,15H2,(H,26,29)(H,27,28)/t20-/m1/s1. The normalized spacial score (nSPS) is 16.5. The Balaban J connectivity index is 1.30. The third kappa shape index (κ3) is 3.77. The van der Waals surface area contributed by atoms with Crippen molar-refractivity contribution in [3.8, 4) is 11.3 Å². The Kier molecular flexibility index (Phi) is 4.89. The van der Waals surface area contributed by atoms with Crippen LogP contribution in [0.4, 0.5) is 17.2 Å². The van der Waals surface area contributed by atoms with Crippen LogP contribution in [0.5, 0.6) is 0 Å². The highest BCUT2D eigenvalue weighted by atomic mass is 16.5. The van der Waals surface area contributed by atoms with Crippen molar-refractivity contribution in [1.29, 1.82) is 0 Å². The van der Waals surface area contributed by atoms with Crippen molar-refractivity contribution in [2.24, 2.45) is 0 Å². The number of nitrogens with one attached hydrogen (secondary N) is 2. The number of rotatable bonds is 5. The summed E-state index contributed by atoms with van der Waals surface area (Å²) in [5.41, 5.74) is 5.57. The van der Waals surface area contributed by atoms with Crippen molar-refractivity contribution < 1.29 is 9.84 Å². The van der Waals surface area contributed by atoms with E-state index in [1.165, 1.54) is 0 Å². The lowest BCUT2D eigenvalue weighted by Gasteiger charge is -2.33. The zero-order valence-electron chi connectivity index (χ0n) is 17.8. The van der Waals surface area contributed by atoms with Gasteiger partial charge in [0, 0.05) is 54.0 Å². The van der Waals surface area contributed by atoms with E-state index in [1.54, 1.807) is 6.20 Å². The van der Waals surface area contributed by atoms with E-state index in [2.05, 4.69) is 37.5 Å². The van der Waals surface area contributed by atoms with E-state index in [-0.39, 0.29) is 12.7 Å². The first-order chi connectivity index (χ1) is 16.3. The molecule has 1 fully saturated rings. The molecule has 1 aliphatic rings. The molecule has 9 nitrogen and oxygen atoms in total. The zero-order valence-corrected chi connectivity index (χ0v) is 17.8. The summed E-state index contributed by atoms with van der Waals surface area (Å²) in [7, 11) is 0. The number of imidazole rings is 1. The first-order valence-corrected chi connectivity index (χ1v) is 10.9. The minimum Gasteiger partial charge on any atom is -0.394 e. The van der Waals surface area contributed by atoms with Crippen LogP contribution in [0.3, 0.4) is 0 Å². The summed E-state index contributed by atoms with van der Waals surface area (Å²) >= 11 is 0. The average Bonchev–Trinajstić information content (AvgIpc) is 3.53. The smallest absolute Gasteiger partial charge is 0.180 e. The molecule has 9 heteroatoms. The molecule has 0 aliphatic carbocycles. The molecule has 1 atom stereocenters. The van der Waals surface area contributed by atoms with Gasteiger partial charge >= 0.3 is 0 Å². The van der Waals surface area contributed by atoms with Gasteiger partial charge in [-0.3, -0.25) is 5.10 Å². The number of anilines is 3. The summed E-state index contributed by atoms with van der Waals surface area (Å²) in [6.45, 7) is 2.14. The Bertz CT molecular complexity index is 1410. The van der Waals surface area contributed by atoms with Crippen LogP contribution in [0.1, 0.15) is 0 Å².